The van der Waals surface area contributed by atoms with Crippen molar-refractivity contribution in [2.45, 2.75) is 19.8 Å². The zero-order chi connectivity index (χ0) is 21.0. The molecule has 0 unspecified atom stereocenters. The first kappa shape index (κ1) is 21.8. The van der Waals surface area contributed by atoms with Crippen molar-refractivity contribution in [1.29, 1.82) is 0 Å². The minimum Gasteiger partial charge on any atom is -0.487 e. The smallest absolute Gasteiger partial charge is 0.232 e. The molecule has 1 atom stereocenters. The number of rotatable bonds is 9. The molecule has 1 amide bonds. The summed E-state index contributed by atoms with van der Waals surface area (Å²) in [5.74, 6) is 0.230. The Morgan fingerprint density at radius 3 is 2.79 bits per heavy atom. The van der Waals surface area contributed by atoms with E-state index in [4.69, 9.17) is 9.47 Å². The number of carbonyl (C=O) groups is 1. The first-order valence-electron chi connectivity index (χ1n) is 9.02. The van der Waals surface area contributed by atoms with Crippen LogP contribution >= 0.6 is 30.3 Å². The highest BCUT2D eigenvalue weighted by molar-refractivity contribution is 14.2. The lowest BCUT2D eigenvalue weighted by molar-refractivity contribution is -0.119. The van der Waals surface area contributed by atoms with Gasteiger partial charge < -0.3 is 14.8 Å². The summed E-state index contributed by atoms with van der Waals surface area (Å²) in [6.45, 7) is 4.47. The summed E-state index contributed by atoms with van der Waals surface area (Å²) in [6, 6.07) is 4.94. The summed E-state index contributed by atoms with van der Waals surface area (Å²) in [5.41, 5.74) is 1.79. The fourth-order valence-corrected chi connectivity index (χ4v) is 4.31. The Labute approximate surface area is 184 Å². The van der Waals surface area contributed by atoms with Crippen LogP contribution in [-0.4, -0.2) is 39.4 Å². The van der Waals surface area contributed by atoms with Gasteiger partial charge in [-0.25, -0.2) is 4.39 Å². The normalized spacial score (nSPS) is 12.2. The number of ether oxygens (including phenoxy) is 2. The molecule has 0 aliphatic carbocycles. The molecular formula is C19H22FIN4O3S. The number of nitrogens with one attached hydrogen (secondary N) is 1. The largest absolute Gasteiger partial charge is 0.487 e. The third-order valence-electron chi connectivity index (χ3n) is 4.40. The third kappa shape index (κ3) is 5.35. The van der Waals surface area contributed by atoms with Crippen LogP contribution in [0.15, 0.2) is 30.6 Å². The van der Waals surface area contributed by atoms with Gasteiger partial charge in [-0.1, -0.05) is 6.92 Å². The first-order chi connectivity index (χ1) is 13.9. The van der Waals surface area contributed by atoms with Crippen molar-refractivity contribution in [1.82, 2.24) is 19.1 Å². The van der Waals surface area contributed by atoms with Gasteiger partial charge in [-0.2, -0.15) is 0 Å². The van der Waals surface area contributed by atoms with Gasteiger partial charge in [0.25, 0.3) is 0 Å². The van der Waals surface area contributed by atoms with Crippen molar-refractivity contribution in [3.05, 3.63) is 42.0 Å². The Kier molecular flexibility index (Phi) is 7.28. The summed E-state index contributed by atoms with van der Waals surface area (Å²) >= 11 is 2.16. The van der Waals surface area contributed by atoms with E-state index in [2.05, 4.69) is 31.6 Å². The van der Waals surface area contributed by atoms with Crippen molar-refractivity contribution >= 4 is 47.1 Å². The predicted molar refractivity (Wildman–Crippen MR) is 120 cm³/mol. The lowest BCUT2D eigenvalue weighted by Gasteiger charge is -2.12. The van der Waals surface area contributed by atoms with Gasteiger partial charge in [0.05, 0.1) is 5.52 Å². The lowest BCUT2D eigenvalue weighted by Crippen LogP contribution is -2.24. The number of carbonyl (C=O) groups excluding carboxylic acids is 1. The van der Waals surface area contributed by atoms with Crippen molar-refractivity contribution < 1.29 is 18.7 Å². The van der Waals surface area contributed by atoms with Crippen molar-refractivity contribution in [3.8, 4) is 11.6 Å². The summed E-state index contributed by atoms with van der Waals surface area (Å²) in [5, 5.41) is 7.85. The molecule has 3 aromatic rings. The molecule has 0 fully saturated rings. The van der Waals surface area contributed by atoms with E-state index in [1.807, 2.05) is 17.1 Å². The molecule has 0 aliphatic rings. The van der Waals surface area contributed by atoms with E-state index in [1.54, 1.807) is 30.1 Å². The molecule has 0 bridgehead atoms. The number of amides is 1. The minimum absolute atomic E-state index is 0.0667. The van der Waals surface area contributed by atoms with Gasteiger partial charge in [-0.3, -0.25) is 13.4 Å². The molecule has 2 aromatic heterocycles. The van der Waals surface area contributed by atoms with Crippen LogP contribution in [0.2, 0.25) is 0 Å². The second-order valence-electron chi connectivity index (χ2n) is 6.64. The van der Waals surface area contributed by atoms with Crippen LogP contribution in [-0.2, 0) is 11.8 Å². The Bertz CT molecular complexity index is 1010. The molecule has 29 heavy (non-hydrogen) atoms. The lowest BCUT2D eigenvalue weighted by atomic mass is 10.0. The molecule has 3 rings (SSSR count). The van der Waals surface area contributed by atoms with Gasteiger partial charge in [0.15, 0.2) is 11.6 Å². The highest BCUT2D eigenvalue weighted by Gasteiger charge is 2.18. The topological polar surface area (TPSA) is 70.3 Å². The number of nitrogens with zero attached hydrogens (tertiary/aromatic N) is 3. The predicted octanol–water partition coefficient (Wildman–Crippen LogP) is 4.06. The molecule has 0 saturated carbocycles. The van der Waals surface area contributed by atoms with Crippen molar-refractivity contribution in [2.75, 3.05) is 19.8 Å². The Balaban J connectivity index is 1.76. The van der Waals surface area contributed by atoms with Crippen LogP contribution in [0.4, 0.5) is 4.39 Å². The standard InChI is InChI=1S/C19H22FIN4O3S/c1-12(10-22-13(2)26)15-11-25(29-21)17-9-16(20)18(8-14(15)17)27-6-7-28-19-4-5-24(3)23-19/h4-5,8-9,11-12H,6-7,10H2,1-3H3,(H,22,26)/t12-/m0/s1. The number of fused-ring (bicyclic) bond motifs is 1. The fourth-order valence-electron chi connectivity index (χ4n) is 2.96. The van der Waals surface area contributed by atoms with E-state index in [9.17, 15) is 9.18 Å². The number of halogens is 2. The maximum atomic E-state index is 14.6. The SMILES string of the molecule is CC(=O)NC[C@H](C)c1cn(SI)c2cc(F)c(OCCOc3ccn(C)n3)cc12. The minimum atomic E-state index is -0.429. The van der Waals surface area contributed by atoms with Crippen LogP contribution < -0.4 is 14.8 Å². The molecule has 7 nitrogen and oxygen atoms in total. The van der Waals surface area contributed by atoms with Crippen LogP contribution in [0, 0.1) is 5.82 Å². The van der Waals surface area contributed by atoms with Crippen molar-refractivity contribution in [3.63, 3.8) is 0 Å². The van der Waals surface area contributed by atoms with Gasteiger partial charge in [-0.15, -0.1) is 5.10 Å². The number of aromatic nitrogens is 3. The van der Waals surface area contributed by atoms with E-state index in [0.29, 0.717) is 12.4 Å². The molecule has 0 saturated heterocycles. The summed E-state index contributed by atoms with van der Waals surface area (Å²) in [6.07, 6.45) is 3.75. The molecule has 0 radical (unpaired) electrons. The molecule has 0 spiro atoms. The highest BCUT2D eigenvalue weighted by Crippen LogP contribution is 2.36. The molecule has 0 aliphatic heterocycles. The quantitative estimate of drug-likeness (QED) is 0.333. The van der Waals surface area contributed by atoms with E-state index < -0.39 is 5.82 Å². The van der Waals surface area contributed by atoms with E-state index >= 15 is 0 Å². The number of aryl methyl sites for hydroxylation is 1. The van der Waals surface area contributed by atoms with Crippen molar-refractivity contribution in [2.24, 2.45) is 7.05 Å². The Morgan fingerprint density at radius 1 is 1.38 bits per heavy atom. The maximum Gasteiger partial charge on any atom is 0.232 e. The second-order valence-corrected chi connectivity index (χ2v) is 8.35. The molecule has 1 aromatic carbocycles. The molecular weight excluding hydrogens is 510 g/mol. The first-order valence-corrected chi connectivity index (χ1v) is 12.3. The van der Waals surface area contributed by atoms with Gasteiger partial charge in [0, 0.05) is 86.7 Å². The van der Waals surface area contributed by atoms with Gasteiger partial charge in [0.2, 0.25) is 11.8 Å². The molecule has 2 heterocycles. The van der Waals surface area contributed by atoms with E-state index in [1.165, 1.54) is 22.1 Å². The second kappa shape index (κ2) is 9.70. The molecule has 1 N–H and O–H groups in total. The Hall–Kier alpha value is -1.95. The maximum absolute atomic E-state index is 14.6. The van der Waals surface area contributed by atoms with E-state index in [0.717, 1.165) is 16.5 Å². The zero-order valence-corrected chi connectivity index (χ0v) is 19.3. The summed E-state index contributed by atoms with van der Waals surface area (Å²) < 4.78 is 29.3. The molecule has 156 valence electrons. The number of benzene rings is 1. The zero-order valence-electron chi connectivity index (χ0n) is 16.3. The van der Waals surface area contributed by atoms with Gasteiger partial charge in [-0.05, 0) is 11.6 Å². The number of hydrogen-bond acceptors (Lipinski definition) is 5. The average molecular weight is 532 g/mol. The number of hydrogen-bond donors (Lipinski definition) is 1. The monoisotopic (exact) mass is 532 g/mol. The molecule has 10 heteroatoms. The highest BCUT2D eigenvalue weighted by atomic mass is 127. The van der Waals surface area contributed by atoms with Crippen LogP contribution in [0.1, 0.15) is 25.3 Å². The van der Waals surface area contributed by atoms with Crippen LogP contribution in [0.3, 0.4) is 0 Å². The Morgan fingerprint density at radius 2 is 2.14 bits per heavy atom. The van der Waals surface area contributed by atoms with E-state index in [-0.39, 0.29) is 30.8 Å². The average Bonchev–Trinajstić information content (AvgIpc) is 3.26. The third-order valence-corrected chi connectivity index (χ3v) is 6.12. The van der Waals surface area contributed by atoms with Gasteiger partial charge >= 0.3 is 0 Å². The summed E-state index contributed by atoms with van der Waals surface area (Å²) in [7, 11) is 3.26. The summed E-state index contributed by atoms with van der Waals surface area (Å²) in [4.78, 5) is 11.2. The van der Waals surface area contributed by atoms with Crippen LogP contribution in [0.5, 0.6) is 11.6 Å². The fraction of sp³-hybridized carbons (Fsp3) is 0.368. The van der Waals surface area contributed by atoms with Crippen LogP contribution in [0.25, 0.3) is 10.9 Å². The van der Waals surface area contributed by atoms with Gasteiger partial charge in [0.1, 0.15) is 13.2 Å².